The maximum absolute atomic E-state index is 12.3. The van der Waals surface area contributed by atoms with E-state index < -0.39 is 5.91 Å². The molecule has 0 heterocycles. The molecule has 0 radical (unpaired) electrons. The first kappa shape index (κ1) is 22.9. The van der Waals surface area contributed by atoms with Gasteiger partial charge >= 0.3 is 0 Å². The van der Waals surface area contributed by atoms with Crippen LogP contribution >= 0.6 is 0 Å². The van der Waals surface area contributed by atoms with E-state index in [-0.39, 0.29) is 11.3 Å². The third-order valence-electron chi connectivity index (χ3n) is 4.78. The van der Waals surface area contributed by atoms with Crippen LogP contribution in [-0.2, 0) is 5.41 Å². The zero-order chi connectivity index (χ0) is 23.0. The standard InChI is InChI=1S/C26H28N2O4/c1-26(2,3)21-13-9-19(10-14-21)24(29)27-28-25(30)20-11-15-23(16-12-20)32-18-17-31-22-7-5-4-6-8-22/h4-16H,17-18H2,1-3H3,(H,27,29)(H,28,30). The molecule has 6 nitrogen and oxygen atoms in total. The van der Waals surface area contributed by atoms with Crippen molar-refractivity contribution in [2.45, 2.75) is 26.2 Å². The van der Waals surface area contributed by atoms with Crippen LogP contribution in [-0.4, -0.2) is 25.0 Å². The molecule has 166 valence electrons. The normalized spacial score (nSPS) is 10.8. The molecular weight excluding hydrogens is 404 g/mol. The van der Waals surface area contributed by atoms with Gasteiger partial charge in [0.2, 0.25) is 0 Å². The van der Waals surface area contributed by atoms with Crippen LogP contribution < -0.4 is 20.3 Å². The number of carbonyl (C=O) groups excluding carboxylic acids is 2. The van der Waals surface area contributed by atoms with Crippen LogP contribution in [0.2, 0.25) is 0 Å². The van der Waals surface area contributed by atoms with Gasteiger partial charge in [0.05, 0.1) is 0 Å². The van der Waals surface area contributed by atoms with Crippen LogP contribution in [0.15, 0.2) is 78.9 Å². The van der Waals surface area contributed by atoms with Crippen molar-refractivity contribution in [2.75, 3.05) is 13.2 Å². The fraction of sp³-hybridized carbons (Fsp3) is 0.231. The number of rotatable bonds is 7. The summed E-state index contributed by atoms with van der Waals surface area (Å²) in [4.78, 5) is 24.6. The van der Waals surface area contributed by atoms with Crippen molar-refractivity contribution < 1.29 is 19.1 Å². The second-order valence-electron chi connectivity index (χ2n) is 8.27. The van der Waals surface area contributed by atoms with Crippen LogP contribution in [0.4, 0.5) is 0 Å². The summed E-state index contributed by atoms with van der Waals surface area (Å²) < 4.78 is 11.2. The number of hydrazine groups is 1. The molecule has 6 heteroatoms. The number of amides is 2. The summed E-state index contributed by atoms with van der Waals surface area (Å²) in [7, 11) is 0. The number of hydrogen-bond acceptors (Lipinski definition) is 4. The van der Waals surface area contributed by atoms with Crippen molar-refractivity contribution in [3.8, 4) is 11.5 Å². The van der Waals surface area contributed by atoms with Crippen LogP contribution in [0.5, 0.6) is 11.5 Å². The summed E-state index contributed by atoms with van der Waals surface area (Å²) in [6.07, 6.45) is 0. The van der Waals surface area contributed by atoms with E-state index in [1.165, 1.54) is 0 Å². The molecule has 0 unspecified atom stereocenters. The minimum Gasteiger partial charge on any atom is -0.490 e. The summed E-state index contributed by atoms with van der Waals surface area (Å²) in [5.41, 5.74) is 6.89. The second kappa shape index (κ2) is 10.5. The van der Waals surface area contributed by atoms with E-state index in [0.717, 1.165) is 11.3 Å². The number of nitrogens with one attached hydrogen (secondary N) is 2. The third kappa shape index (κ3) is 6.60. The Balaban J connectivity index is 1.43. The first-order chi connectivity index (χ1) is 15.3. The summed E-state index contributed by atoms with van der Waals surface area (Å²) in [5, 5.41) is 0. The van der Waals surface area contributed by atoms with Crippen LogP contribution in [0.3, 0.4) is 0 Å². The maximum atomic E-state index is 12.3. The monoisotopic (exact) mass is 432 g/mol. The largest absolute Gasteiger partial charge is 0.490 e. The van der Waals surface area contributed by atoms with E-state index in [1.54, 1.807) is 36.4 Å². The van der Waals surface area contributed by atoms with E-state index in [1.807, 2.05) is 42.5 Å². The number of para-hydroxylation sites is 1. The molecule has 0 saturated carbocycles. The molecule has 0 aromatic heterocycles. The van der Waals surface area contributed by atoms with Crippen LogP contribution in [0.1, 0.15) is 47.1 Å². The van der Waals surface area contributed by atoms with Gasteiger partial charge in [-0.3, -0.25) is 20.4 Å². The molecule has 0 spiro atoms. The molecule has 2 amide bonds. The lowest BCUT2D eigenvalue weighted by Gasteiger charge is -2.19. The lowest BCUT2D eigenvalue weighted by molar-refractivity contribution is 0.0846. The molecule has 32 heavy (non-hydrogen) atoms. The predicted octanol–water partition coefficient (Wildman–Crippen LogP) is 4.52. The Morgan fingerprint density at radius 1 is 0.656 bits per heavy atom. The van der Waals surface area contributed by atoms with Crippen molar-refractivity contribution in [1.82, 2.24) is 10.9 Å². The van der Waals surface area contributed by atoms with Gasteiger partial charge in [-0.2, -0.15) is 0 Å². The maximum Gasteiger partial charge on any atom is 0.269 e. The molecule has 0 aliphatic rings. The average molecular weight is 433 g/mol. The Labute approximate surface area is 188 Å². The van der Waals surface area contributed by atoms with Gasteiger partial charge in [-0.05, 0) is 59.5 Å². The SMILES string of the molecule is CC(C)(C)c1ccc(C(=O)NNC(=O)c2ccc(OCCOc3ccccc3)cc2)cc1. The first-order valence-corrected chi connectivity index (χ1v) is 10.4. The number of benzene rings is 3. The molecular formula is C26H28N2O4. The van der Waals surface area contributed by atoms with Crippen molar-refractivity contribution in [2.24, 2.45) is 0 Å². The van der Waals surface area contributed by atoms with Crippen LogP contribution in [0.25, 0.3) is 0 Å². The summed E-state index contributed by atoms with van der Waals surface area (Å²) >= 11 is 0. The molecule has 3 aromatic rings. The fourth-order valence-electron chi connectivity index (χ4n) is 2.92. The number of carbonyl (C=O) groups is 2. The number of ether oxygens (including phenoxy) is 2. The van der Waals surface area contributed by atoms with Gasteiger partial charge in [0.25, 0.3) is 11.8 Å². The minimum absolute atomic E-state index is 0.00795. The minimum atomic E-state index is -0.413. The Morgan fingerprint density at radius 2 is 1.09 bits per heavy atom. The molecule has 0 atom stereocenters. The highest BCUT2D eigenvalue weighted by Gasteiger charge is 2.15. The zero-order valence-electron chi connectivity index (χ0n) is 18.6. The van der Waals surface area contributed by atoms with E-state index in [4.69, 9.17) is 9.47 Å². The number of hydrogen-bond donors (Lipinski definition) is 2. The lowest BCUT2D eigenvalue weighted by atomic mass is 9.87. The Hall–Kier alpha value is -3.80. The molecule has 3 aromatic carbocycles. The lowest BCUT2D eigenvalue weighted by Crippen LogP contribution is -2.41. The van der Waals surface area contributed by atoms with Gasteiger partial charge in [0.15, 0.2) is 0 Å². The Morgan fingerprint density at radius 3 is 1.56 bits per heavy atom. The summed E-state index contributed by atoms with van der Waals surface area (Å²) in [6.45, 7) is 7.12. The van der Waals surface area contributed by atoms with E-state index in [0.29, 0.717) is 30.1 Å². The van der Waals surface area contributed by atoms with Gasteiger partial charge in [0.1, 0.15) is 24.7 Å². The molecule has 0 saturated heterocycles. The van der Waals surface area contributed by atoms with E-state index in [2.05, 4.69) is 31.6 Å². The van der Waals surface area contributed by atoms with Gasteiger partial charge in [0, 0.05) is 11.1 Å². The molecule has 2 N–H and O–H groups in total. The quantitative estimate of drug-likeness (QED) is 0.425. The molecule has 3 rings (SSSR count). The molecule has 0 aliphatic carbocycles. The fourth-order valence-corrected chi connectivity index (χ4v) is 2.92. The zero-order valence-corrected chi connectivity index (χ0v) is 18.6. The van der Waals surface area contributed by atoms with Crippen molar-refractivity contribution >= 4 is 11.8 Å². The molecule has 0 aliphatic heterocycles. The van der Waals surface area contributed by atoms with Crippen molar-refractivity contribution in [1.29, 1.82) is 0 Å². The van der Waals surface area contributed by atoms with Gasteiger partial charge in [-0.25, -0.2) is 0 Å². The van der Waals surface area contributed by atoms with Gasteiger partial charge in [-0.15, -0.1) is 0 Å². The Kier molecular flexibility index (Phi) is 7.49. The summed E-state index contributed by atoms with van der Waals surface area (Å²) in [6, 6.07) is 23.5. The topological polar surface area (TPSA) is 76.7 Å². The molecule has 0 fully saturated rings. The summed E-state index contributed by atoms with van der Waals surface area (Å²) in [5.74, 6) is 0.622. The van der Waals surface area contributed by atoms with Crippen molar-refractivity contribution in [3.63, 3.8) is 0 Å². The van der Waals surface area contributed by atoms with Gasteiger partial charge in [-0.1, -0.05) is 51.1 Å². The highest BCUT2D eigenvalue weighted by molar-refractivity contribution is 5.99. The Bertz CT molecular complexity index is 1020. The highest BCUT2D eigenvalue weighted by atomic mass is 16.5. The van der Waals surface area contributed by atoms with Gasteiger partial charge < -0.3 is 9.47 Å². The average Bonchev–Trinajstić information content (AvgIpc) is 2.80. The second-order valence-corrected chi connectivity index (χ2v) is 8.27. The first-order valence-electron chi connectivity index (χ1n) is 10.4. The smallest absolute Gasteiger partial charge is 0.269 e. The predicted molar refractivity (Wildman–Crippen MR) is 124 cm³/mol. The highest BCUT2D eigenvalue weighted by Crippen LogP contribution is 2.22. The third-order valence-corrected chi connectivity index (χ3v) is 4.78. The van der Waals surface area contributed by atoms with Crippen molar-refractivity contribution in [3.05, 3.63) is 95.6 Å². The van der Waals surface area contributed by atoms with Crippen LogP contribution in [0, 0.1) is 0 Å². The molecule has 0 bridgehead atoms. The van der Waals surface area contributed by atoms with E-state index in [9.17, 15) is 9.59 Å². The van der Waals surface area contributed by atoms with E-state index >= 15 is 0 Å².